The van der Waals surface area contributed by atoms with Gasteiger partial charge < -0.3 is 18.9 Å². The van der Waals surface area contributed by atoms with E-state index in [9.17, 15) is 4.79 Å². The number of aromatic nitrogens is 1. The van der Waals surface area contributed by atoms with Gasteiger partial charge >= 0.3 is 0 Å². The fourth-order valence-corrected chi connectivity index (χ4v) is 2.97. The number of anilines is 1. The first-order valence-electron chi connectivity index (χ1n) is 9.07. The summed E-state index contributed by atoms with van der Waals surface area (Å²) in [7, 11) is 0. The van der Waals surface area contributed by atoms with Crippen LogP contribution >= 0.6 is 0 Å². The largest absolute Gasteiger partial charge is 0.486 e. The van der Waals surface area contributed by atoms with Gasteiger partial charge in [0, 0.05) is 24.4 Å². The van der Waals surface area contributed by atoms with E-state index < -0.39 is 0 Å². The third-order valence-electron chi connectivity index (χ3n) is 4.33. The summed E-state index contributed by atoms with van der Waals surface area (Å²) < 4.78 is 16.3. The monoisotopic (exact) mass is 376 g/mol. The van der Waals surface area contributed by atoms with Crippen molar-refractivity contribution < 1.29 is 18.8 Å². The molecule has 1 aromatic heterocycles. The molecule has 0 aliphatic carbocycles. The van der Waals surface area contributed by atoms with Crippen molar-refractivity contribution in [2.24, 2.45) is 0 Å². The molecule has 0 atom stereocenters. The van der Waals surface area contributed by atoms with Gasteiger partial charge in [0.25, 0.3) is 5.91 Å². The number of hydrogen-bond acceptors (Lipinski definition) is 5. The first kappa shape index (κ1) is 17.9. The molecule has 0 N–H and O–H groups in total. The van der Waals surface area contributed by atoms with E-state index in [0.29, 0.717) is 42.7 Å². The third kappa shape index (κ3) is 3.91. The Labute approximate surface area is 163 Å². The SMILES string of the molecule is Cc1cc(C(=O)N(C/C=C/c2ccccc2)c2ccc3c(c2)OCCO3)no1. The first-order valence-corrected chi connectivity index (χ1v) is 9.07. The summed E-state index contributed by atoms with van der Waals surface area (Å²) >= 11 is 0. The van der Waals surface area contributed by atoms with E-state index in [-0.39, 0.29) is 11.6 Å². The lowest BCUT2D eigenvalue weighted by molar-refractivity contribution is 0.0981. The van der Waals surface area contributed by atoms with Gasteiger partial charge in [-0.05, 0) is 24.6 Å². The molecule has 0 saturated carbocycles. The Kier molecular flexibility index (Phi) is 5.10. The Bertz CT molecular complexity index is 995. The number of fused-ring (bicyclic) bond motifs is 1. The molecule has 6 heteroatoms. The highest BCUT2D eigenvalue weighted by molar-refractivity contribution is 6.05. The maximum Gasteiger partial charge on any atom is 0.280 e. The number of carbonyl (C=O) groups is 1. The molecule has 2 heterocycles. The van der Waals surface area contributed by atoms with Crippen molar-refractivity contribution in [2.45, 2.75) is 6.92 Å². The van der Waals surface area contributed by atoms with E-state index in [1.54, 1.807) is 17.9 Å². The van der Waals surface area contributed by atoms with E-state index in [2.05, 4.69) is 5.16 Å². The fourth-order valence-electron chi connectivity index (χ4n) is 2.97. The number of aryl methyl sites for hydroxylation is 1. The fraction of sp³-hybridized carbons (Fsp3) is 0.182. The molecule has 142 valence electrons. The molecule has 0 unspecified atom stereocenters. The highest BCUT2D eigenvalue weighted by Crippen LogP contribution is 2.34. The molecule has 2 aromatic carbocycles. The minimum atomic E-state index is -0.244. The summed E-state index contributed by atoms with van der Waals surface area (Å²) in [5.41, 5.74) is 2.03. The summed E-state index contributed by atoms with van der Waals surface area (Å²) in [5, 5.41) is 3.87. The lowest BCUT2D eigenvalue weighted by atomic mass is 10.2. The van der Waals surface area contributed by atoms with Crippen LogP contribution in [0.25, 0.3) is 6.08 Å². The van der Waals surface area contributed by atoms with Gasteiger partial charge in [0.15, 0.2) is 17.2 Å². The number of ether oxygens (including phenoxy) is 2. The first-order chi connectivity index (χ1) is 13.7. The molecular weight excluding hydrogens is 356 g/mol. The minimum Gasteiger partial charge on any atom is -0.486 e. The van der Waals surface area contributed by atoms with Crippen molar-refractivity contribution in [2.75, 3.05) is 24.7 Å². The molecule has 3 aromatic rings. The second-order valence-corrected chi connectivity index (χ2v) is 6.38. The van der Waals surface area contributed by atoms with Crippen LogP contribution in [0.4, 0.5) is 5.69 Å². The van der Waals surface area contributed by atoms with Gasteiger partial charge in [0.1, 0.15) is 19.0 Å². The van der Waals surface area contributed by atoms with Crippen molar-refractivity contribution in [3.05, 3.63) is 77.7 Å². The quantitative estimate of drug-likeness (QED) is 0.670. The standard InChI is InChI=1S/C22H20N2O4/c1-16-14-19(23-28-16)22(25)24(11-5-8-17-6-3-2-4-7-17)18-9-10-20-21(15-18)27-13-12-26-20/h2-10,14-15H,11-13H2,1H3/b8-5+. The zero-order valence-electron chi connectivity index (χ0n) is 15.5. The van der Waals surface area contributed by atoms with Gasteiger partial charge in [-0.3, -0.25) is 4.79 Å². The number of benzene rings is 2. The molecule has 6 nitrogen and oxygen atoms in total. The highest BCUT2D eigenvalue weighted by atomic mass is 16.6. The maximum atomic E-state index is 13.1. The Morgan fingerprint density at radius 3 is 2.61 bits per heavy atom. The van der Waals surface area contributed by atoms with Crippen molar-refractivity contribution in [3.63, 3.8) is 0 Å². The number of hydrogen-bond donors (Lipinski definition) is 0. The van der Waals surface area contributed by atoms with Gasteiger partial charge in [0.2, 0.25) is 0 Å². The number of amides is 1. The lowest BCUT2D eigenvalue weighted by Crippen LogP contribution is -2.31. The van der Waals surface area contributed by atoms with E-state index in [0.717, 1.165) is 5.56 Å². The van der Waals surface area contributed by atoms with Crippen LogP contribution in [0, 0.1) is 6.92 Å². The second kappa shape index (κ2) is 8.00. The molecule has 0 spiro atoms. The van der Waals surface area contributed by atoms with E-state index in [4.69, 9.17) is 14.0 Å². The van der Waals surface area contributed by atoms with Gasteiger partial charge in [-0.1, -0.05) is 47.6 Å². The average Bonchev–Trinajstić information content (AvgIpc) is 3.17. The molecule has 4 rings (SSSR count). The van der Waals surface area contributed by atoms with Crippen LogP contribution < -0.4 is 14.4 Å². The Morgan fingerprint density at radius 2 is 1.86 bits per heavy atom. The Morgan fingerprint density at radius 1 is 1.07 bits per heavy atom. The van der Waals surface area contributed by atoms with Gasteiger partial charge in [0.05, 0.1) is 0 Å². The number of nitrogens with zero attached hydrogens (tertiary/aromatic N) is 2. The average molecular weight is 376 g/mol. The van der Waals surface area contributed by atoms with Crippen LogP contribution in [-0.4, -0.2) is 30.8 Å². The molecule has 0 radical (unpaired) electrons. The summed E-state index contributed by atoms with van der Waals surface area (Å²) in [6, 6.07) is 17.0. The van der Waals surface area contributed by atoms with Crippen molar-refractivity contribution in [3.8, 4) is 11.5 Å². The lowest BCUT2D eigenvalue weighted by Gasteiger charge is -2.24. The second-order valence-electron chi connectivity index (χ2n) is 6.38. The highest BCUT2D eigenvalue weighted by Gasteiger charge is 2.22. The summed E-state index contributed by atoms with van der Waals surface area (Å²) in [6.07, 6.45) is 3.92. The van der Waals surface area contributed by atoms with Crippen LogP contribution in [0.1, 0.15) is 21.8 Å². The van der Waals surface area contributed by atoms with Crippen LogP contribution in [0.3, 0.4) is 0 Å². The van der Waals surface area contributed by atoms with Crippen molar-refractivity contribution in [1.29, 1.82) is 0 Å². The Hall–Kier alpha value is -3.54. The molecule has 0 fully saturated rings. The van der Waals surface area contributed by atoms with E-state index in [1.807, 2.05) is 60.7 Å². The summed E-state index contributed by atoms with van der Waals surface area (Å²) in [4.78, 5) is 14.7. The van der Waals surface area contributed by atoms with E-state index in [1.165, 1.54) is 0 Å². The maximum absolute atomic E-state index is 13.1. The zero-order valence-corrected chi connectivity index (χ0v) is 15.5. The minimum absolute atomic E-state index is 0.244. The predicted molar refractivity (Wildman–Crippen MR) is 106 cm³/mol. The van der Waals surface area contributed by atoms with Crippen molar-refractivity contribution >= 4 is 17.7 Å². The predicted octanol–water partition coefficient (Wildman–Crippen LogP) is 4.11. The topological polar surface area (TPSA) is 64.8 Å². The van der Waals surface area contributed by atoms with Gasteiger partial charge in [-0.15, -0.1) is 0 Å². The number of carbonyl (C=O) groups excluding carboxylic acids is 1. The van der Waals surface area contributed by atoms with Crippen LogP contribution in [-0.2, 0) is 0 Å². The van der Waals surface area contributed by atoms with Crippen LogP contribution in [0.2, 0.25) is 0 Å². The molecule has 1 aliphatic rings. The summed E-state index contributed by atoms with van der Waals surface area (Å²) in [5.74, 6) is 1.65. The van der Waals surface area contributed by atoms with E-state index >= 15 is 0 Å². The normalized spacial score (nSPS) is 12.9. The smallest absolute Gasteiger partial charge is 0.280 e. The molecule has 28 heavy (non-hydrogen) atoms. The summed E-state index contributed by atoms with van der Waals surface area (Å²) in [6.45, 7) is 3.14. The molecule has 1 amide bonds. The molecular formula is C22H20N2O4. The molecule has 0 saturated heterocycles. The molecule has 1 aliphatic heterocycles. The number of rotatable bonds is 5. The molecule has 0 bridgehead atoms. The van der Waals surface area contributed by atoms with Gasteiger partial charge in [-0.25, -0.2) is 0 Å². The zero-order chi connectivity index (χ0) is 19.3. The van der Waals surface area contributed by atoms with Crippen molar-refractivity contribution in [1.82, 2.24) is 5.16 Å². The van der Waals surface area contributed by atoms with Gasteiger partial charge in [-0.2, -0.15) is 0 Å². The van der Waals surface area contributed by atoms with Crippen LogP contribution in [0.15, 0.2) is 65.2 Å². The Balaban J connectivity index is 1.63. The third-order valence-corrected chi connectivity index (χ3v) is 4.33. The van der Waals surface area contributed by atoms with Crippen LogP contribution in [0.5, 0.6) is 11.5 Å².